The second-order valence-corrected chi connectivity index (χ2v) is 10.4. The van der Waals surface area contributed by atoms with Crippen LogP contribution >= 0.6 is 11.6 Å². The Bertz CT molecular complexity index is 1410. The molecule has 3 aromatic rings. The number of amides is 1. The van der Waals surface area contributed by atoms with Crippen molar-refractivity contribution in [2.24, 2.45) is 0 Å². The van der Waals surface area contributed by atoms with Crippen LogP contribution in [0.1, 0.15) is 6.92 Å². The maximum atomic E-state index is 16.2. The lowest BCUT2D eigenvalue weighted by Crippen LogP contribution is -2.58. The molecule has 2 aliphatic rings. The topological polar surface area (TPSA) is 76.0 Å². The zero-order valence-corrected chi connectivity index (χ0v) is 22.2. The predicted octanol–water partition coefficient (Wildman–Crippen LogP) is 3.91. The van der Waals surface area contributed by atoms with Gasteiger partial charge in [0.1, 0.15) is 22.9 Å². The molecule has 2 aliphatic heterocycles. The van der Waals surface area contributed by atoms with Crippen molar-refractivity contribution in [1.82, 2.24) is 19.8 Å². The summed E-state index contributed by atoms with van der Waals surface area (Å²) in [5.74, 6) is -1.37. The monoisotopic (exact) mass is 542 g/mol. The molecule has 2 aromatic carbocycles. The molecule has 2 fully saturated rings. The van der Waals surface area contributed by atoms with Gasteiger partial charge in [0.05, 0.1) is 10.6 Å². The zero-order chi connectivity index (χ0) is 27.3. The number of hydrogen-bond acceptors (Lipinski definition) is 7. The second kappa shape index (κ2) is 9.99. The van der Waals surface area contributed by atoms with E-state index in [1.54, 1.807) is 4.90 Å². The largest absolute Gasteiger partial charge is 0.507 e. The van der Waals surface area contributed by atoms with Crippen molar-refractivity contribution in [3.63, 3.8) is 0 Å². The predicted molar refractivity (Wildman–Crippen MR) is 145 cm³/mol. The van der Waals surface area contributed by atoms with E-state index < -0.39 is 17.4 Å². The molecule has 0 radical (unpaired) electrons. The normalized spacial score (nSPS) is 18.3. The Morgan fingerprint density at radius 3 is 2.53 bits per heavy atom. The molecule has 2 saturated heterocycles. The number of likely N-dealkylation sites (N-methyl/N-ethyl adjacent to an activating group) is 1. The van der Waals surface area contributed by atoms with Gasteiger partial charge in [-0.2, -0.15) is 4.98 Å². The maximum absolute atomic E-state index is 16.2. The third-order valence-corrected chi connectivity index (χ3v) is 7.65. The van der Waals surface area contributed by atoms with Gasteiger partial charge in [-0.05, 0) is 45.3 Å². The Hall–Kier alpha value is -3.50. The number of halogens is 3. The standard InChI is InChI=1S/C27H29ClF2N6O2/c1-5-21(38)36-10-9-34(12-15(36)2)26-17-11-18(28)22(23-19(29)7-6-8-20(23)37)24(30)25(17)31-27(32-26)35-13-16(14-35)33(3)4/h5-8,11,15-16,37H,1,9-10,12-14H2,2-4H3/t15-/m0/s1. The van der Waals surface area contributed by atoms with Gasteiger partial charge in [0.15, 0.2) is 5.82 Å². The van der Waals surface area contributed by atoms with Gasteiger partial charge in [-0.25, -0.2) is 13.8 Å². The smallest absolute Gasteiger partial charge is 0.246 e. The first-order valence-corrected chi connectivity index (χ1v) is 12.8. The highest BCUT2D eigenvalue weighted by Gasteiger charge is 2.34. The van der Waals surface area contributed by atoms with E-state index in [1.165, 1.54) is 24.3 Å². The lowest BCUT2D eigenvalue weighted by atomic mass is 10.0. The Balaban J connectivity index is 1.65. The number of anilines is 2. The number of benzene rings is 2. The Morgan fingerprint density at radius 2 is 1.89 bits per heavy atom. The maximum Gasteiger partial charge on any atom is 0.246 e. The molecular weight excluding hydrogens is 514 g/mol. The summed E-state index contributed by atoms with van der Waals surface area (Å²) in [6.45, 7) is 8.22. The molecule has 1 atom stereocenters. The summed E-state index contributed by atoms with van der Waals surface area (Å²) >= 11 is 6.53. The molecule has 0 aliphatic carbocycles. The second-order valence-electron chi connectivity index (χ2n) is 9.98. The summed E-state index contributed by atoms with van der Waals surface area (Å²) in [5, 5.41) is 10.7. The van der Waals surface area contributed by atoms with Crippen molar-refractivity contribution < 1.29 is 18.7 Å². The first-order valence-electron chi connectivity index (χ1n) is 12.4. The molecular formula is C27H29ClF2N6O2. The van der Waals surface area contributed by atoms with Crippen molar-refractivity contribution >= 4 is 40.2 Å². The molecule has 0 unspecified atom stereocenters. The summed E-state index contributed by atoms with van der Waals surface area (Å²) in [7, 11) is 3.99. The quantitative estimate of drug-likeness (QED) is 0.490. The van der Waals surface area contributed by atoms with Crippen molar-refractivity contribution in [3.8, 4) is 16.9 Å². The molecule has 5 rings (SSSR count). The number of fused-ring (bicyclic) bond motifs is 1. The number of aromatic hydroxyl groups is 1. The number of nitrogens with zero attached hydrogens (tertiary/aromatic N) is 6. The lowest BCUT2D eigenvalue weighted by Gasteiger charge is -2.43. The van der Waals surface area contributed by atoms with Gasteiger partial charge < -0.3 is 24.7 Å². The molecule has 1 amide bonds. The van der Waals surface area contributed by atoms with Crippen LogP contribution < -0.4 is 9.80 Å². The highest BCUT2D eigenvalue weighted by Crippen LogP contribution is 2.43. The van der Waals surface area contributed by atoms with Crippen LogP contribution in [0.2, 0.25) is 5.02 Å². The molecule has 1 N–H and O–H groups in total. The molecule has 8 nitrogen and oxygen atoms in total. The van der Waals surface area contributed by atoms with Crippen molar-refractivity contribution in [1.29, 1.82) is 0 Å². The fourth-order valence-corrected chi connectivity index (χ4v) is 5.37. The highest BCUT2D eigenvalue weighted by molar-refractivity contribution is 6.34. The highest BCUT2D eigenvalue weighted by atomic mass is 35.5. The van der Waals surface area contributed by atoms with E-state index >= 15 is 4.39 Å². The van der Waals surface area contributed by atoms with Crippen LogP contribution in [0.15, 0.2) is 36.9 Å². The zero-order valence-electron chi connectivity index (χ0n) is 21.5. The average molecular weight is 543 g/mol. The lowest BCUT2D eigenvalue weighted by molar-refractivity contribution is -0.128. The van der Waals surface area contributed by atoms with Crippen LogP contribution in [0, 0.1) is 11.6 Å². The average Bonchev–Trinajstić information content (AvgIpc) is 2.84. The fourth-order valence-electron chi connectivity index (χ4n) is 5.08. The summed E-state index contributed by atoms with van der Waals surface area (Å²) in [5.41, 5.74) is -0.590. The van der Waals surface area contributed by atoms with Crippen LogP contribution in [0.25, 0.3) is 22.0 Å². The summed E-state index contributed by atoms with van der Waals surface area (Å²) in [6, 6.07) is 5.45. The van der Waals surface area contributed by atoms with Crippen molar-refractivity contribution in [2.45, 2.75) is 19.0 Å². The summed E-state index contributed by atoms with van der Waals surface area (Å²) in [6.07, 6.45) is 1.30. The molecule has 0 bridgehead atoms. The van der Waals surface area contributed by atoms with Crippen LogP contribution in [0.4, 0.5) is 20.5 Å². The van der Waals surface area contributed by atoms with Gasteiger partial charge in [0.2, 0.25) is 11.9 Å². The van der Waals surface area contributed by atoms with E-state index in [9.17, 15) is 14.3 Å². The minimum atomic E-state index is -0.837. The van der Waals surface area contributed by atoms with Crippen LogP contribution in [-0.2, 0) is 4.79 Å². The van der Waals surface area contributed by atoms with E-state index in [4.69, 9.17) is 16.6 Å². The molecule has 200 valence electrons. The third kappa shape index (κ3) is 4.41. The van der Waals surface area contributed by atoms with Crippen molar-refractivity contribution in [2.75, 3.05) is 56.6 Å². The van der Waals surface area contributed by atoms with E-state index in [0.29, 0.717) is 55.9 Å². The van der Waals surface area contributed by atoms with Gasteiger partial charge in [0.25, 0.3) is 0 Å². The number of rotatable bonds is 5. The third-order valence-electron chi connectivity index (χ3n) is 7.35. The molecule has 0 saturated carbocycles. The molecule has 1 aromatic heterocycles. The molecule has 38 heavy (non-hydrogen) atoms. The van der Waals surface area contributed by atoms with Gasteiger partial charge >= 0.3 is 0 Å². The van der Waals surface area contributed by atoms with E-state index in [0.717, 1.165) is 6.07 Å². The van der Waals surface area contributed by atoms with Gasteiger partial charge in [-0.1, -0.05) is 24.2 Å². The minimum Gasteiger partial charge on any atom is -0.507 e. The van der Waals surface area contributed by atoms with Gasteiger partial charge in [0, 0.05) is 55.8 Å². The minimum absolute atomic E-state index is 0.0161. The Kier molecular flexibility index (Phi) is 6.87. The number of carbonyl (C=O) groups is 1. The van der Waals surface area contributed by atoms with E-state index in [2.05, 4.69) is 16.5 Å². The van der Waals surface area contributed by atoms with Crippen LogP contribution in [-0.4, -0.2) is 89.7 Å². The number of carbonyl (C=O) groups excluding carboxylic acids is 1. The van der Waals surface area contributed by atoms with Crippen LogP contribution in [0.3, 0.4) is 0 Å². The first kappa shape index (κ1) is 26.1. The molecule has 11 heteroatoms. The summed E-state index contributed by atoms with van der Waals surface area (Å²) < 4.78 is 31.0. The number of piperazine rings is 1. The van der Waals surface area contributed by atoms with Gasteiger partial charge in [-0.15, -0.1) is 0 Å². The molecule has 0 spiro atoms. The first-order chi connectivity index (χ1) is 18.1. The number of phenols is 1. The number of aromatic nitrogens is 2. The summed E-state index contributed by atoms with van der Waals surface area (Å²) in [4.78, 5) is 29.4. The van der Waals surface area contributed by atoms with Crippen molar-refractivity contribution in [3.05, 3.63) is 53.6 Å². The SMILES string of the molecule is C=CC(=O)N1CCN(c2nc(N3CC(N(C)C)C3)nc3c(F)c(-c4c(O)cccc4F)c(Cl)cc23)C[C@@H]1C. The number of phenolic OH excluding ortho intramolecular Hbond substituents is 1. The Labute approximate surface area is 224 Å². The van der Waals surface area contributed by atoms with Crippen LogP contribution in [0.5, 0.6) is 5.75 Å². The van der Waals surface area contributed by atoms with E-state index in [-0.39, 0.29) is 33.6 Å². The molecule has 3 heterocycles. The van der Waals surface area contributed by atoms with Gasteiger partial charge in [-0.3, -0.25) is 4.79 Å². The fraction of sp³-hybridized carbons (Fsp3) is 0.370. The number of hydrogen-bond donors (Lipinski definition) is 1. The Morgan fingerprint density at radius 1 is 1.16 bits per heavy atom. The van der Waals surface area contributed by atoms with E-state index in [1.807, 2.05) is 30.8 Å².